The van der Waals surface area contributed by atoms with E-state index in [-0.39, 0.29) is 5.91 Å². The number of hydrogen-bond acceptors (Lipinski definition) is 6. The number of furan rings is 1. The summed E-state index contributed by atoms with van der Waals surface area (Å²) >= 11 is 0. The molecule has 140 valence electrons. The van der Waals surface area contributed by atoms with E-state index in [0.717, 1.165) is 19.5 Å². The summed E-state index contributed by atoms with van der Waals surface area (Å²) < 4.78 is 10.4. The van der Waals surface area contributed by atoms with Crippen molar-refractivity contribution in [3.8, 4) is 11.6 Å². The number of hydrogen-bond donors (Lipinski definition) is 1. The van der Waals surface area contributed by atoms with Crippen LogP contribution in [0.3, 0.4) is 0 Å². The molecule has 4 rings (SSSR count). The van der Waals surface area contributed by atoms with E-state index in [4.69, 9.17) is 8.94 Å². The number of benzene rings is 1. The first kappa shape index (κ1) is 17.3. The van der Waals surface area contributed by atoms with Gasteiger partial charge in [0.25, 0.3) is 0 Å². The zero-order valence-corrected chi connectivity index (χ0v) is 15.0. The number of aromatic nitrogens is 2. The Morgan fingerprint density at radius 3 is 2.93 bits per heavy atom. The van der Waals surface area contributed by atoms with Crippen molar-refractivity contribution in [2.45, 2.75) is 19.3 Å². The van der Waals surface area contributed by atoms with Crippen LogP contribution in [0.2, 0.25) is 0 Å². The number of carbonyl (C=O) groups excluding carboxylic acids is 1. The summed E-state index contributed by atoms with van der Waals surface area (Å²) in [5.74, 6) is 1.88. The Kier molecular flexibility index (Phi) is 5.18. The standard InChI is InChI=1S/C20H22N4O3/c25-18(8-9-19-22-20(23-27-19)17-7-4-12-26-17)21-13-15-10-11-24(14-15)16-5-2-1-3-6-16/h1-7,12,15H,8-11,13-14H2,(H,21,25). The zero-order valence-electron chi connectivity index (χ0n) is 15.0. The maximum atomic E-state index is 12.1. The molecular formula is C20H22N4O3. The molecule has 1 fully saturated rings. The Labute approximate surface area is 157 Å². The number of rotatable bonds is 7. The van der Waals surface area contributed by atoms with Crippen molar-refractivity contribution in [2.24, 2.45) is 5.92 Å². The van der Waals surface area contributed by atoms with E-state index in [9.17, 15) is 4.79 Å². The Bertz CT molecular complexity index is 861. The van der Waals surface area contributed by atoms with Gasteiger partial charge in [-0.25, -0.2) is 0 Å². The predicted octanol–water partition coefficient (Wildman–Crippen LogP) is 2.90. The summed E-state index contributed by atoms with van der Waals surface area (Å²) in [4.78, 5) is 18.7. The van der Waals surface area contributed by atoms with Gasteiger partial charge in [-0.3, -0.25) is 4.79 Å². The molecule has 0 radical (unpaired) electrons. The van der Waals surface area contributed by atoms with E-state index in [1.165, 1.54) is 5.69 Å². The summed E-state index contributed by atoms with van der Waals surface area (Å²) in [6.45, 7) is 2.70. The monoisotopic (exact) mass is 366 g/mol. The number of nitrogens with one attached hydrogen (secondary N) is 1. The minimum absolute atomic E-state index is 0.00547. The average Bonchev–Trinajstić information content (AvgIpc) is 3.47. The maximum absolute atomic E-state index is 12.1. The highest BCUT2D eigenvalue weighted by Gasteiger charge is 2.23. The van der Waals surface area contributed by atoms with E-state index >= 15 is 0 Å². The second-order valence-corrected chi connectivity index (χ2v) is 6.73. The predicted molar refractivity (Wildman–Crippen MR) is 100 cm³/mol. The van der Waals surface area contributed by atoms with Crippen LogP contribution in [0, 0.1) is 5.92 Å². The highest BCUT2D eigenvalue weighted by atomic mass is 16.5. The van der Waals surface area contributed by atoms with Crippen LogP contribution in [0.25, 0.3) is 11.6 Å². The SMILES string of the molecule is O=C(CCc1nc(-c2ccco2)no1)NCC1CCN(c2ccccc2)C1. The molecule has 3 aromatic rings. The Morgan fingerprint density at radius 1 is 1.22 bits per heavy atom. The first-order chi connectivity index (χ1) is 13.3. The van der Waals surface area contributed by atoms with E-state index in [2.05, 4.69) is 44.6 Å². The third kappa shape index (κ3) is 4.36. The second-order valence-electron chi connectivity index (χ2n) is 6.73. The molecule has 1 unspecified atom stereocenters. The van der Waals surface area contributed by atoms with Gasteiger partial charge in [0.1, 0.15) is 0 Å². The lowest BCUT2D eigenvalue weighted by atomic mass is 10.1. The van der Waals surface area contributed by atoms with Gasteiger partial charge in [-0.2, -0.15) is 4.98 Å². The van der Waals surface area contributed by atoms with E-state index in [1.54, 1.807) is 18.4 Å². The largest absolute Gasteiger partial charge is 0.461 e. The average molecular weight is 366 g/mol. The molecule has 1 aliphatic rings. The molecule has 1 N–H and O–H groups in total. The van der Waals surface area contributed by atoms with Crippen LogP contribution in [0.4, 0.5) is 5.69 Å². The summed E-state index contributed by atoms with van der Waals surface area (Å²) in [6, 6.07) is 13.9. The smallest absolute Gasteiger partial charge is 0.238 e. The Hall–Kier alpha value is -3.09. The Morgan fingerprint density at radius 2 is 2.11 bits per heavy atom. The van der Waals surface area contributed by atoms with E-state index in [1.807, 2.05) is 6.07 Å². The highest BCUT2D eigenvalue weighted by molar-refractivity contribution is 5.76. The first-order valence-corrected chi connectivity index (χ1v) is 9.21. The molecule has 3 heterocycles. The highest BCUT2D eigenvalue weighted by Crippen LogP contribution is 2.23. The molecular weight excluding hydrogens is 344 g/mol. The van der Waals surface area contributed by atoms with Gasteiger partial charge in [0.15, 0.2) is 5.76 Å². The van der Waals surface area contributed by atoms with Crippen LogP contribution in [0.1, 0.15) is 18.7 Å². The maximum Gasteiger partial charge on any atom is 0.238 e. The number of para-hydroxylation sites is 1. The molecule has 0 spiro atoms. The number of carbonyl (C=O) groups is 1. The summed E-state index contributed by atoms with van der Waals surface area (Å²) in [6.07, 6.45) is 3.39. The quantitative estimate of drug-likeness (QED) is 0.692. The van der Waals surface area contributed by atoms with Crippen LogP contribution >= 0.6 is 0 Å². The number of aryl methyl sites for hydroxylation is 1. The van der Waals surface area contributed by atoms with Gasteiger partial charge in [-0.15, -0.1) is 0 Å². The minimum atomic E-state index is 0.00547. The van der Waals surface area contributed by atoms with Crippen molar-refractivity contribution in [1.29, 1.82) is 0 Å². The molecule has 1 amide bonds. The fourth-order valence-electron chi connectivity index (χ4n) is 3.30. The fourth-order valence-corrected chi connectivity index (χ4v) is 3.30. The lowest BCUT2D eigenvalue weighted by Crippen LogP contribution is -2.31. The minimum Gasteiger partial charge on any atom is -0.461 e. The van der Waals surface area contributed by atoms with E-state index < -0.39 is 0 Å². The molecule has 1 aromatic carbocycles. The van der Waals surface area contributed by atoms with Gasteiger partial charge >= 0.3 is 0 Å². The van der Waals surface area contributed by atoms with E-state index in [0.29, 0.717) is 42.8 Å². The summed E-state index contributed by atoms with van der Waals surface area (Å²) in [7, 11) is 0. The van der Waals surface area contributed by atoms with Crippen LogP contribution in [0.5, 0.6) is 0 Å². The molecule has 1 aliphatic heterocycles. The normalized spacial score (nSPS) is 16.6. The van der Waals surface area contributed by atoms with Crippen LogP contribution in [-0.4, -0.2) is 35.7 Å². The molecule has 27 heavy (non-hydrogen) atoms. The van der Waals surface area contributed by atoms with Gasteiger partial charge in [0, 0.05) is 38.2 Å². The lowest BCUT2D eigenvalue weighted by Gasteiger charge is -2.18. The topological polar surface area (TPSA) is 84.4 Å². The number of nitrogens with zero attached hydrogens (tertiary/aromatic N) is 3. The van der Waals surface area contributed by atoms with Gasteiger partial charge < -0.3 is 19.2 Å². The number of amides is 1. The van der Waals surface area contributed by atoms with Gasteiger partial charge in [-0.05, 0) is 36.6 Å². The molecule has 0 bridgehead atoms. The van der Waals surface area contributed by atoms with Crippen molar-refractivity contribution < 1.29 is 13.7 Å². The van der Waals surface area contributed by atoms with Crippen LogP contribution < -0.4 is 10.2 Å². The number of anilines is 1. The van der Waals surface area contributed by atoms with Crippen molar-refractivity contribution in [3.63, 3.8) is 0 Å². The lowest BCUT2D eigenvalue weighted by molar-refractivity contribution is -0.121. The molecule has 2 aromatic heterocycles. The molecule has 1 atom stereocenters. The summed E-state index contributed by atoms with van der Waals surface area (Å²) in [5, 5.41) is 6.89. The van der Waals surface area contributed by atoms with Crippen molar-refractivity contribution in [1.82, 2.24) is 15.5 Å². The van der Waals surface area contributed by atoms with Crippen molar-refractivity contribution >= 4 is 11.6 Å². The van der Waals surface area contributed by atoms with Gasteiger partial charge in [0.05, 0.1) is 6.26 Å². The first-order valence-electron chi connectivity index (χ1n) is 9.21. The van der Waals surface area contributed by atoms with Gasteiger partial charge in [-0.1, -0.05) is 23.4 Å². The van der Waals surface area contributed by atoms with Crippen molar-refractivity contribution in [2.75, 3.05) is 24.5 Å². The fraction of sp³-hybridized carbons (Fsp3) is 0.350. The second kappa shape index (κ2) is 8.07. The van der Waals surface area contributed by atoms with Gasteiger partial charge in [0.2, 0.25) is 17.6 Å². The van der Waals surface area contributed by atoms with Crippen LogP contribution in [0.15, 0.2) is 57.7 Å². The zero-order chi connectivity index (χ0) is 18.5. The summed E-state index contributed by atoms with van der Waals surface area (Å²) in [5.41, 5.74) is 1.25. The van der Waals surface area contributed by atoms with Crippen molar-refractivity contribution in [3.05, 3.63) is 54.6 Å². The van der Waals surface area contributed by atoms with Crippen LogP contribution in [-0.2, 0) is 11.2 Å². The molecule has 7 heteroatoms. The third-order valence-corrected chi connectivity index (χ3v) is 4.77. The molecule has 0 saturated carbocycles. The Balaban J connectivity index is 1.19. The third-order valence-electron chi connectivity index (χ3n) is 4.77. The molecule has 1 saturated heterocycles. The molecule has 7 nitrogen and oxygen atoms in total. The molecule has 0 aliphatic carbocycles.